The van der Waals surface area contributed by atoms with Gasteiger partial charge in [-0.3, -0.25) is 15.1 Å². The number of nitro groups is 1. The predicted octanol–water partition coefficient (Wildman–Crippen LogP) is 2.65. The van der Waals surface area contributed by atoms with E-state index in [1.54, 1.807) is 19.1 Å². The van der Waals surface area contributed by atoms with Crippen LogP contribution in [0.2, 0.25) is 0 Å². The fourth-order valence-electron chi connectivity index (χ4n) is 2.31. The Bertz CT molecular complexity index is 432. The van der Waals surface area contributed by atoms with Gasteiger partial charge in [-0.05, 0) is 32.9 Å². The standard InChI is InChI=1S/C13H21N3O2/c1-8(2)13(10(4)14-5)11-6-7-12(16(17)18)9(3)15-11/h6-8,10,13-14H,1-5H3. The van der Waals surface area contributed by atoms with Crippen molar-refractivity contribution in [3.63, 3.8) is 0 Å². The van der Waals surface area contributed by atoms with Crippen LogP contribution in [0.15, 0.2) is 12.1 Å². The van der Waals surface area contributed by atoms with Gasteiger partial charge >= 0.3 is 0 Å². The summed E-state index contributed by atoms with van der Waals surface area (Å²) in [5.74, 6) is 0.662. The molecule has 0 saturated carbocycles. The van der Waals surface area contributed by atoms with E-state index in [1.807, 2.05) is 7.05 Å². The molecule has 5 heteroatoms. The van der Waals surface area contributed by atoms with E-state index in [0.29, 0.717) is 11.6 Å². The van der Waals surface area contributed by atoms with Gasteiger partial charge < -0.3 is 5.32 Å². The van der Waals surface area contributed by atoms with Crippen LogP contribution in [0, 0.1) is 23.0 Å². The lowest BCUT2D eigenvalue weighted by atomic mass is 9.86. The van der Waals surface area contributed by atoms with Gasteiger partial charge in [0.05, 0.1) is 4.92 Å². The van der Waals surface area contributed by atoms with Crippen molar-refractivity contribution in [1.82, 2.24) is 10.3 Å². The summed E-state index contributed by atoms with van der Waals surface area (Å²) in [6.07, 6.45) is 0. The molecule has 2 unspecified atom stereocenters. The summed E-state index contributed by atoms with van der Waals surface area (Å²) in [6.45, 7) is 8.06. The molecule has 0 aromatic carbocycles. The van der Waals surface area contributed by atoms with Gasteiger partial charge in [-0.25, -0.2) is 0 Å². The highest BCUT2D eigenvalue weighted by Crippen LogP contribution is 2.28. The normalized spacial score (nSPS) is 14.6. The number of rotatable bonds is 5. The van der Waals surface area contributed by atoms with Crippen LogP contribution in [0.4, 0.5) is 5.69 Å². The third-order valence-corrected chi connectivity index (χ3v) is 3.33. The van der Waals surface area contributed by atoms with Gasteiger partial charge in [0, 0.05) is 23.7 Å². The van der Waals surface area contributed by atoms with Crippen LogP contribution in [0.5, 0.6) is 0 Å². The summed E-state index contributed by atoms with van der Waals surface area (Å²) in [5, 5.41) is 14.0. The molecule has 1 aromatic rings. The number of aryl methyl sites for hydroxylation is 1. The minimum Gasteiger partial charge on any atom is -0.317 e. The Balaban J connectivity index is 3.15. The van der Waals surface area contributed by atoms with Gasteiger partial charge in [0.1, 0.15) is 5.69 Å². The summed E-state index contributed by atoms with van der Waals surface area (Å²) < 4.78 is 0. The number of nitrogens with zero attached hydrogens (tertiary/aromatic N) is 2. The monoisotopic (exact) mass is 251 g/mol. The van der Waals surface area contributed by atoms with E-state index in [-0.39, 0.29) is 17.6 Å². The molecule has 1 rings (SSSR count). The summed E-state index contributed by atoms with van der Waals surface area (Å²) in [6, 6.07) is 3.59. The van der Waals surface area contributed by atoms with Crippen LogP contribution in [0.25, 0.3) is 0 Å². The van der Waals surface area contributed by atoms with Gasteiger partial charge in [-0.2, -0.15) is 0 Å². The summed E-state index contributed by atoms with van der Waals surface area (Å²) in [4.78, 5) is 14.8. The lowest BCUT2D eigenvalue weighted by Crippen LogP contribution is -2.32. The second kappa shape index (κ2) is 5.91. The third-order valence-electron chi connectivity index (χ3n) is 3.33. The molecule has 0 aliphatic carbocycles. The summed E-state index contributed by atoms with van der Waals surface area (Å²) >= 11 is 0. The Labute approximate surface area is 108 Å². The second-order valence-electron chi connectivity index (χ2n) is 4.94. The Morgan fingerprint density at radius 2 is 1.94 bits per heavy atom. The van der Waals surface area contributed by atoms with Gasteiger partial charge in [-0.15, -0.1) is 0 Å². The molecule has 0 aliphatic rings. The Kier molecular flexibility index (Phi) is 4.78. The van der Waals surface area contributed by atoms with Gasteiger partial charge in [-0.1, -0.05) is 13.8 Å². The van der Waals surface area contributed by atoms with Crippen molar-refractivity contribution in [3.05, 3.63) is 33.6 Å². The summed E-state index contributed by atoms with van der Waals surface area (Å²) in [7, 11) is 1.91. The topological polar surface area (TPSA) is 68.1 Å². The highest BCUT2D eigenvalue weighted by Gasteiger charge is 2.24. The lowest BCUT2D eigenvalue weighted by molar-refractivity contribution is -0.385. The smallest absolute Gasteiger partial charge is 0.290 e. The maximum absolute atomic E-state index is 10.8. The van der Waals surface area contributed by atoms with Gasteiger partial charge in [0.25, 0.3) is 5.69 Å². The fraction of sp³-hybridized carbons (Fsp3) is 0.615. The molecule has 0 radical (unpaired) electrons. The van der Waals surface area contributed by atoms with E-state index < -0.39 is 4.92 Å². The molecule has 1 heterocycles. The van der Waals surface area contributed by atoms with E-state index in [2.05, 4.69) is 31.1 Å². The van der Waals surface area contributed by atoms with Gasteiger partial charge in [0.2, 0.25) is 0 Å². The highest BCUT2D eigenvalue weighted by molar-refractivity contribution is 5.36. The minimum atomic E-state index is -0.391. The molecule has 0 bridgehead atoms. The van der Waals surface area contributed by atoms with E-state index in [1.165, 1.54) is 0 Å². The van der Waals surface area contributed by atoms with Crippen LogP contribution in [0.3, 0.4) is 0 Å². The molecule has 2 atom stereocenters. The van der Waals surface area contributed by atoms with Crippen LogP contribution in [-0.4, -0.2) is 23.0 Å². The number of pyridine rings is 1. The predicted molar refractivity (Wildman–Crippen MR) is 71.7 cm³/mol. The molecule has 1 N–H and O–H groups in total. The van der Waals surface area contributed by atoms with Crippen molar-refractivity contribution >= 4 is 5.69 Å². The van der Waals surface area contributed by atoms with Crippen molar-refractivity contribution in [1.29, 1.82) is 0 Å². The quantitative estimate of drug-likeness (QED) is 0.645. The number of aromatic nitrogens is 1. The first kappa shape index (κ1) is 14.6. The zero-order valence-electron chi connectivity index (χ0n) is 11.6. The average Bonchev–Trinajstić information content (AvgIpc) is 2.28. The Morgan fingerprint density at radius 3 is 2.33 bits per heavy atom. The zero-order valence-corrected chi connectivity index (χ0v) is 11.6. The molecular formula is C13H21N3O2. The maximum Gasteiger partial charge on any atom is 0.290 e. The van der Waals surface area contributed by atoms with E-state index in [4.69, 9.17) is 0 Å². The molecule has 100 valence electrons. The minimum absolute atomic E-state index is 0.0818. The van der Waals surface area contributed by atoms with Crippen LogP contribution < -0.4 is 5.32 Å². The molecule has 0 aliphatic heterocycles. The van der Waals surface area contributed by atoms with Crippen molar-refractivity contribution in [2.45, 2.75) is 39.7 Å². The van der Waals surface area contributed by atoms with Gasteiger partial charge in [0.15, 0.2) is 0 Å². The van der Waals surface area contributed by atoms with Crippen LogP contribution in [0.1, 0.15) is 38.1 Å². The van der Waals surface area contributed by atoms with Crippen molar-refractivity contribution in [2.75, 3.05) is 7.05 Å². The molecule has 5 nitrogen and oxygen atoms in total. The summed E-state index contributed by atoms with van der Waals surface area (Å²) in [5.41, 5.74) is 1.47. The number of likely N-dealkylation sites (N-methyl/N-ethyl adjacent to an activating group) is 1. The van der Waals surface area contributed by atoms with Crippen molar-refractivity contribution < 1.29 is 4.92 Å². The zero-order chi connectivity index (χ0) is 13.9. The molecule has 18 heavy (non-hydrogen) atoms. The Hall–Kier alpha value is -1.49. The highest BCUT2D eigenvalue weighted by atomic mass is 16.6. The van der Waals surface area contributed by atoms with Crippen LogP contribution >= 0.6 is 0 Å². The van der Waals surface area contributed by atoms with E-state index in [9.17, 15) is 10.1 Å². The average molecular weight is 251 g/mol. The molecule has 0 amide bonds. The molecule has 0 fully saturated rings. The largest absolute Gasteiger partial charge is 0.317 e. The SMILES string of the molecule is CNC(C)C(c1ccc([N+](=O)[O-])c(C)n1)C(C)C. The van der Waals surface area contributed by atoms with E-state index >= 15 is 0 Å². The van der Waals surface area contributed by atoms with Crippen LogP contribution in [-0.2, 0) is 0 Å². The molecular weight excluding hydrogens is 230 g/mol. The first-order valence-corrected chi connectivity index (χ1v) is 6.17. The number of hydrogen-bond donors (Lipinski definition) is 1. The van der Waals surface area contributed by atoms with Crippen molar-refractivity contribution in [3.8, 4) is 0 Å². The first-order valence-electron chi connectivity index (χ1n) is 6.17. The first-order chi connectivity index (χ1) is 8.38. The molecule has 0 spiro atoms. The lowest BCUT2D eigenvalue weighted by Gasteiger charge is -2.26. The fourth-order valence-corrected chi connectivity index (χ4v) is 2.31. The molecule has 1 aromatic heterocycles. The number of nitrogens with one attached hydrogen (secondary N) is 1. The van der Waals surface area contributed by atoms with E-state index in [0.717, 1.165) is 5.69 Å². The maximum atomic E-state index is 10.8. The third kappa shape index (κ3) is 3.04. The molecule has 0 saturated heterocycles. The number of hydrogen-bond acceptors (Lipinski definition) is 4. The van der Waals surface area contributed by atoms with Crippen molar-refractivity contribution in [2.24, 2.45) is 5.92 Å². The second-order valence-corrected chi connectivity index (χ2v) is 4.94. The Morgan fingerprint density at radius 1 is 1.33 bits per heavy atom.